The van der Waals surface area contributed by atoms with Crippen LogP contribution in [0.4, 0.5) is 0 Å². The molecule has 1 heterocycles. The molecule has 0 aliphatic rings. The molecule has 0 radical (unpaired) electrons. The van der Waals surface area contributed by atoms with Crippen molar-refractivity contribution in [2.24, 2.45) is 0 Å². The minimum Gasteiger partial charge on any atom is -0.469 e. The van der Waals surface area contributed by atoms with E-state index in [0.717, 1.165) is 17.7 Å². The lowest BCUT2D eigenvalue weighted by molar-refractivity contribution is -0.140. The molecule has 0 aliphatic carbocycles. The minimum atomic E-state index is -0.219. The fourth-order valence-corrected chi connectivity index (χ4v) is 2.59. The predicted octanol–water partition coefficient (Wildman–Crippen LogP) is 4.67. The number of methoxy groups -OCH3 is 1. The lowest BCUT2D eigenvalue weighted by Crippen LogP contribution is -2.09. The fourth-order valence-electron chi connectivity index (χ4n) is 2.30. The molecular weight excluding hydrogens is 321 g/mol. The molecule has 0 saturated carbocycles. The number of carbonyl (C=O) groups excluding carboxylic acids is 1. The maximum absolute atomic E-state index is 11.4. The normalized spacial score (nSPS) is 12.0. The van der Waals surface area contributed by atoms with Gasteiger partial charge in [0.05, 0.1) is 7.11 Å². The van der Waals surface area contributed by atoms with E-state index in [2.05, 4.69) is 4.98 Å². The summed E-state index contributed by atoms with van der Waals surface area (Å²) in [7, 11) is 1.40. The van der Waals surface area contributed by atoms with Crippen molar-refractivity contribution in [1.29, 1.82) is 0 Å². The number of benzene rings is 1. The van der Waals surface area contributed by atoms with E-state index in [1.54, 1.807) is 12.3 Å². The third-order valence-corrected chi connectivity index (χ3v) is 3.97. The van der Waals surface area contributed by atoms with Gasteiger partial charge < -0.3 is 4.74 Å². The van der Waals surface area contributed by atoms with Crippen LogP contribution in [0.25, 0.3) is 0 Å². The molecular formula is C17H17Cl2NO2. The first-order valence-corrected chi connectivity index (χ1v) is 7.77. The summed E-state index contributed by atoms with van der Waals surface area (Å²) in [6.07, 6.45) is 3.46. The highest BCUT2D eigenvalue weighted by atomic mass is 35.5. The second-order valence-corrected chi connectivity index (χ2v) is 5.91. The molecule has 0 fully saturated rings. The SMILES string of the molecule is COC(=O)CC[C@@H](Cc1ccc(Cl)cc1)c1cc(Cl)ccn1. The van der Waals surface area contributed by atoms with Crippen LogP contribution in [0.3, 0.4) is 0 Å². The number of esters is 1. The van der Waals surface area contributed by atoms with Crippen molar-refractivity contribution in [2.45, 2.75) is 25.2 Å². The molecule has 2 aromatic rings. The topological polar surface area (TPSA) is 39.2 Å². The fraction of sp³-hybridized carbons (Fsp3) is 0.294. The number of halogens is 2. The average Bonchev–Trinajstić information content (AvgIpc) is 2.52. The number of nitrogens with zero attached hydrogens (tertiary/aromatic N) is 1. The van der Waals surface area contributed by atoms with Gasteiger partial charge in [-0.05, 0) is 42.7 Å². The maximum Gasteiger partial charge on any atom is 0.305 e. The summed E-state index contributed by atoms with van der Waals surface area (Å²) < 4.78 is 4.72. The van der Waals surface area contributed by atoms with E-state index in [1.165, 1.54) is 7.11 Å². The van der Waals surface area contributed by atoms with Crippen LogP contribution in [0.2, 0.25) is 10.0 Å². The number of carbonyl (C=O) groups is 1. The van der Waals surface area contributed by atoms with Gasteiger partial charge in [-0.15, -0.1) is 0 Å². The Morgan fingerprint density at radius 2 is 1.91 bits per heavy atom. The number of ether oxygens (including phenoxy) is 1. The highest BCUT2D eigenvalue weighted by Gasteiger charge is 2.16. The molecule has 0 N–H and O–H groups in total. The lowest BCUT2D eigenvalue weighted by Gasteiger charge is -2.16. The van der Waals surface area contributed by atoms with Gasteiger partial charge in [0, 0.05) is 34.3 Å². The first-order valence-electron chi connectivity index (χ1n) is 7.01. The molecule has 0 aliphatic heterocycles. The van der Waals surface area contributed by atoms with Crippen LogP contribution in [0.15, 0.2) is 42.6 Å². The van der Waals surface area contributed by atoms with Gasteiger partial charge in [-0.2, -0.15) is 0 Å². The van der Waals surface area contributed by atoms with Crippen LogP contribution < -0.4 is 0 Å². The van der Waals surface area contributed by atoms with Gasteiger partial charge >= 0.3 is 5.97 Å². The highest BCUT2D eigenvalue weighted by molar-refractivity contribution is 6.30. The van der Waals surface area contributed by atoms with Crippen LogP contribution in [-0.4, -0.2) is 18.1 Å². The number of hydrogen-bond donors (Lipinski definition) is 0. The zero-order valence-electron chi connectivity index (χ0n) is 12.3. The van der Waals surface area contributed by atoms with E-state index in [9.17, 15) is 4.79 Å². The Kier molecular flexibility index (Phi) is 6.22. The van der Waals surface area contributed by atoms with E-state index < -0.39 is 0 Å². The second-order valence-electron chi connectivity index (χ2n) is 5.04. The van der Waals surface area contributed by atoms with Crippen LogP contribution in [0, 0.1) is 0 Å². The van der Waals surface area contributed by atoms with Gasteiger partial charge in [-0.1, -0.05) is 35.3 Å². The Bertz CT molecular complexity index is 629. The Balaban J connectivity index is 2.17. The number of rotatable bonds is 6. The Morgan fingerprint density at radius 1 is 1.18 bits per heavy atom. The smallest absolute Gasteiger partial charge is 0.305 e. The van der Waals surface area contributed by atoms with E-state index >= 15 is 0 Å². The summed E-state index contributed by atoms with van der Waals surface area (Å²) in [6, 6.07) is 11.3. The summed E-state index contributed by atoms with van der Waals surface area (Å²) >= 11 is 12.0. The number of hydrogen-bond acceptors (Lipinski definition) is 3. The molecule has 0 saturated heterocycles. The molecule has 0 bridgehead atoms. The molecule has 22 heavy (non-hydrogen) atoms. The van der Waals surface area contributed by atoms with Crippen LogP contribution in [0.5, 0.6) is 0 Å². The van der Waals surface area contributed by atoms with Gasteiger partial charge in [0.1, 0.15) is 0 Å². The molecule has 1 aromatic heterocycles. The molecule has 116 valence electrons. The number of aromatic nitrogens is 1. The van der Waals surface area contributed by atoms with E-state index in [0.29, 0.717) is 22.9 Å². The van der Waals surface area contributed by atoms with Crippen LogP contribution in [-0.2, 0) is 16.0 Å². The van der Waals surface area contributed by atoms with Crippen molar-refractivity contribution in [3.8, 4) is 0 Å². The van der Waals surface area contributed by atoms with Crippen molar-refractivity contribution < 1.29 is 9.53 Å². The van der Waals surface area contributed by atoms with E-state index in [4.69, 9.17) is 27.9 Å². The Morgan fingerprint density at radius 3 is 2.55 bits per heavy atom. The molecule has 5 heteroatoms. The number of pyridine rings is 1. The average molecular weight is 338 g/mol. The third-order valence-electron chi connectivity index (χ3n) is 3.48. The maximum atomic E-state index is 11.4. The zero-order chi connectivity index (χ0) is 15.9. The summed E-state index contributed by atoms with van der Waals surface area (Å²) in [6.45, 7) is 0. The second kappa shape index (κ2) is 8.16. The van der Waals surface area contributed by atoms with Crippen molar-refractivity contribution >= 4 is 29.2 Å². The van der Waals surface area contributed by atoms with Gasteiger partial charge in [-0.3, -0.25) is 9.78 Å². The van der Waals surface area contributed by atoms with E-state index in [1.807, 2.05) is 30.3 Å². The highest BCUT2D eigenvalue weighted by Crippen LogP contribution is 2.26. The van der Waals surface area contributed by atoms with Crippen molar-refractivity contribution in [1.82, 2.24) is 4.98 Å². The summed E-state index contributed by atoms with van der Waals surface area (Å²) in [5, 5.41) is 1.35. The van der Waals surface area contributed by atoms with Gasteiger partial charge in [-0.25, -0.2) is 0 Å². The Labute approximate surface area is 140 Å². The molecule has 0 unspecified atom stereocenters. The molecule has 3 nitrogen and oxygen atoms in total. The van der Waals surface area contributed by atoms with Gasteiger partial charge in [0.15, 0.2) is 0 Å². The first-order chi connectivity index (χ1) is 10.6. The summed E-state index contributed by atoms with van der Waals surface area (Å²) in [5.74, 6) is -0.123. The Hall–Kier alpha value is -1.58. The molecule has 0 amide bonds. The van der Waals surface area contributed by atoms with Crippen molar-refractivity contribution in [2.75, 3.05) is 7.11 Å². The van der Waals surface area contributed by atoms with Crippen LogP contribution in [0.1, 0.15) is 30.0 Å². The quantitative estimate of drug-likeness (QED) is 0.719. The molecule has 1 atom stereocenters. The van der Waals surface area contributed by atoms with Crippen molar-refractivity contribution in [3.05, 3.63) is 63.9 Å². The summed E-state index contributed by atoms with van der Waals surface area (Å²) in [4.78, 5) is 15.8. The third kappa shape index (κ3) is 5.00. The molecule has 0 spiro atoms. The van der Waals surface area contributed by atoms with Crippen molar-refractivity contribution in [3.63, 3.8) is 0 Å². The first kappa shape index (κ1) is 16.8. The lowest BCUT2D eigenvalue weighted by atomic mass is 9.91. The summed E-state index contributed by atoms with van der Waals surface area (Å²) in [5.41, 5.74) is 2.02. The minimum absolute atomic E-state index is 0.0963. The monoisotopic (exact) mass is 337 g/mol. The molecule has 1 aromatic carbocycles. The van der Waals surface area contributed by atoms with E-state index in [-0.39, 0.29) is 11.9 Å². The van der Waals surface area contributed by atoms with Crippen LogP contribution >= 0.6 is 23.2 Å². The molecule has 2 rings (SSSR count). The zero-order valence-corrected chi connectivity index (χ0v) is 13.8. The predicted molar refractivity (Wildman–Crippen MR) is 88.4 cm³/mol. The van der Waals surface area contributed by atoms with Gasteiger partial charge in [0.25, 0.3) is 0 Å². The largest absolute Gasteiger partial charge is 0.469 e. The van der Waals surface area contributed by atoms with Gasteiger partial charge in [0.2, 0.25) is 0 Å². The standard InChI is InChI=1S/C17H17Cl2NO2/c1-22-17(21)7-4-13(16-11-15(19)8-9-20-16)10-12-2-5-14(18)6-3-12/h2-3,5-6,8-9,11,13H,4,7,10H2,1H3/t13-/m0/s1.